The van der Waals surface area contributed by atoms with Gasteiger partial charge in [0.2, 0.25) is 12.3 Å². The molecule has 0 bridgehead atoms. The van der Waals surface area contributed by atoms with E-state index in [0.717, 1.165) is 6.54 Å². The number of non-ortho nitro benzene ring substituents is 1. The van der Waals surface area contributed by atoms with Gasteiger partial charge in [-0.15, -0.1) is 10.2 Å². The molecule has 0 amide bonds. The molecule has 13 nitrogen and oxygen atoms in total. The number of aromatic nitrogens is 6. The fourth-order valence-corrected chi connectivity index (χ4v) is 4.18. The quantitative estimate of drug-likeness (QED) is 0.174. The highest BCUT2D eigenvalue weighted by Gasteiger charge is 2.22. The number of hydrogen-bond donors (Lipinski definition) is 1. The predicted octanol–water partition coefficient (Wildman–Crippen LogP) is 1.50. The molecule has 0 atom stereocenters. The van der Waals surface area contributed by atoms with Gasteiger partial charge in [-0.05, 0) is 24.9 Å². The Balaban J connectivity index is 1.84. The Morgan fingerprint density at radius 1 is 1.11 bits per heavy atom. The zero-order valence-corrected chi connectivity index (χ0v) is 20.2. The Hall–Kier alpha value is -4.13. The first-order valence-corrected chi connectivity index (χ1v) is 11.9. The van der Waals surface area contributed by atoms with Crippen molar-refractivity contribution in [2.45, 2.75) is 52.7 Å². The molecule has 36 heavy (non-hydrogen) atoms. The summed E-state index contributed by atoms with van der Waals surface area (Å²) in [5, 5.41) is 22.1. The monoisotopic (exact) mass is 496 g/mol. The molecule has 190 valence electrons. The van der Waals surface area contributed by atoms with Gasteiger partial charge >= 0.3 is 5.69 Å². The Morgan fingerprint density at radius 2 is 1.94 bits per heavy atom. The van der Waals surface area contributed by atoms with Crippen molar-refractivity contribution in [1.29, 1.82) is 0 Å². The average molecular weight is 497 g/mol. The highest BCUT2D eigenvalue weighted by atomic mass is 16.6. The molecule has 0 fully saturated rings. The molecule has 1 N–H and O–H groups in total. The first-order chi connectivity index (χ1) is 17.4. The maximum absolute atomic E-state index is 13.5. The molecule has 4 aromatic rings. The number of hydrogen-bond acceptors (Lipinski definition) is 9. The number of rotatable bonds is 12. The van der Waals surface area contributed by atoms with Gasteiger partial charge < -0.3 is 14.3 Å². The first-order valence-electron chi connectivity index (χ1n) is 11.9. The number of aryl methyl sites for hydroxylation is 2. The normalized spacial score (nSPS) is 11.4. The minimum absolute atomic E-state index is 0.0181. The van der Waals surface area contributed by atoms with Crippen molar-refractivity contribution in [2.24, 2.45) is 0 Å². The second-order valence-electron chi connectivity index (χ2n) is 8.28. The molecule has 1 aromatic carbocycles. The third-order valence-corrected chi connectivity index (χ3v) is 5.86. The molecular formula is C23H28N8O5. The number of nitro groups is 1. The minimum atomic E-state index is -0.458. The molecular weight excluding hydrogens is 468 g/mol. The summed E-state index contributed by atoms with van der Waals surface area (Å²) in [7, 11) is 0. The van der Waals surface area contributed by atoms with Crippen molar-refractivity contribution < 1.29 is 9.34 Å². The Morgan fingerprint density at radius 3 is 2.64 bits per heavy atom. The number of fused-ring (bicyclic) bond motifs is 1. The predicted molar refractivity (Wildman–Crippen MR) is 131 cm³/mol. The number of benzene rings is 1. The van der Waals surface area contributed by atoms with Crippen molar-refractivity contribution >= 4 is 16.9 Å². The van der Waals surface area contributed by atoms with Gasteiger partial charge in [-0.25, -0.2) is 9.78 Å². The lowest BCUT2D eigenvalue weighted by atomic mass is 10.1. The molecule has 13 heteroatoms. The Kier molecular flexibility index (Phi) is 7.68. The number of nitrogens with one attached hydrogen (secondary N) is 1. The largest absolute Gasteiger partial charge is 0.428 e. The second kappa shape index (κ2) is 11.1. The Labute approximate surface area is 205 Å². The summed E-state index contributed by atoms with van der Waals surface area (Å²) < 4.78 is 9.82. The van der Waals surface area contributed by atoms with E-state index in [1.54, 1.807) is 16.7 Å². The van der Waals surface area contributed by atoms with Gasteiger partial charge in [0.25, 0.3) is 11.2 Å². The lowest BCUT2D eigenvalue weighted by Crippen LogP contribution is -2.41. The molecule has 0 saturated carbocycles. The summed E-state index contributed by atoms with van der Waals surface area (Å²) >= 11 is 0. The second-order valence-corrected chi connectivity index (χ2v) is 8.28. The van der Waals surface area contributed by atoms with E-state index in [1.165, 1.54) is 27.7 Å². The van der Waals surface area contributed by atoms with Gasteiger partial charge in [-0.3, -0.25) is 24.0 Å². The van der Waals surface area contributed by atoms with Crippen LogP contribution in [-0.4, -0.2) is 46.9 Å². The molecule has 4 rings (SSSR count). The van der Waals surface area contributed by atoms with E-state index in [1.807, 2.05) is 13.8 Å². The molecule has 0 aliphatic carbocycles. The van der Waals surface area contributed by atoms with Crippen LogP contribution < -0.4 is 16.6 Å². The van der Waals surface area contributed by atoms with Crippen LogP contribution in [0.25, 0.3) is 11.2 Å². The maximum Gasteiger partial charge on any atom is 0.332 e. The van der Waals surface area contributed by atoms with E-state index in [9.17, 15) is 19.7 Å². The molecule has 3 heterocycles. The van der Waals surface area contributed by atoms with E-state index >= 15 is 0 Å². The van der Waals surface area contributed by atoms with Crippen molar-refractivity contribution in [2.75, 3.05) is 13.1 Å². The number of nitrogens with zero attached hydrogens (tertiary/aromatic N) is 7. The van der Waals surface area contributed by atoms with Gasteiger partial charge in [-0.1, -0.05) is 26.0 Å². The maximum atomic E-state index is 13.5. The zero-order valence-electron chi connectivity index (χ0n) is 20.2. The third kappa shape index (κ3) is 5.10. The molecule has 0 aliphatic rings. The van der Waals surface area contributed by atoms with Crippen molar-refractivity contribution in [3.63, 3.8) is 0 Å². The fourth-order valence-electron chi connectivity index (χ4n) is 4.18. The number of likely N-dealkylation sites (N-methyl/N-ethyl adjacent to an activating group) is 1. The van der Waals surface area contributed by atoms with Crippen LogP contribution in [0.15, 0.2) is 44.7 Å². The zero-order chi connectivity index (χ0) is 25.7. The smallest absolute Gasteiger partial charge is 0.332 e. The van der Waals surface area contributed by atoms with Crippen LogP contribution in [0.1, 0.15) is 37.5 Å². The van der Waals surface area contributed by atoms with Crippen LogP contribution >= 0.6 is 0 Å². The summed E-state index contributed by atoms with van der Waals surface area (Å²) in [6, 6.07) is 6.29. The summed E-state index contributed by atoms with van der Waals surface area (Å²) in [6.45, 7) is 6.17. The first kappa shape index (κ1) is 25.0. The summed E-state index contributed by atoms with van der Waals surface area (Å²) in [5.41, 5.74) is 0.429. The molecule has 0 aliphatic heterocycles. The highest BCUT2D eigenvalue weighted by molar-refractivity contribution is 5.71. The molecule has 0 unspecified atom stereocenters. The summed E-state index contributed by atoms with van der Waals surface area (Å²) in [6.07, 6.45) is 2.38. The highest BCUT2D eigenvalue weighted by Crippen LogP contribution is 2.17. The van der Waals surface area contributed by atoms with Crippen molar-refractivity contribution in [1.82, 2.24) is 34.2 Å². The van der Waals surface area contributed by atoms with Gasteiger partial charge in [0.1, 0.15) is 5.82 Å². The molecule has 0 spiro atoms. The van der Waals surface area contributed by atoms with E-state index in [2.05, 4.69) is 15.5 Å². The van der Waals surface area contributed by atoms with Crippen LogP contribution in [0.5, 0.6) is 0 Å². The van der Waals surface area contributed by atoms with E-state index < -0.39 is 16.2 Å². The van der Waals surface area contributed by atoms with Crippen LogP contribution in [0.4, 0.5) is 5.69 Å². The van der Waals surface area contributed by atoms with Gasteiger partial charge in [0, 0.05) is 38.3 Å². The lowest BCUT2D eigenvalue weighted by Gasteiger charge is -2.13. The molecule has 3 aromatic heterocycles. The van der Waals surface area contributed by atoms with Gasteiger partial charge in [-0.2, -0.15) is 0 Å². The third-order valence-electron chi connectivity index (χ3n) is 5.86. The topological polar surface area (TPSA) is 156 Å². The van der Waals surface area contributed by atoms with Crippen LogP contribution in [-0.2, 0) is 32.5 Å². The van der Waals surface area contributed by atoms with Crippen LogP contribution in [0.2, 0.25) is 0 Å². The van der Waals surface area contributed by atoms with Gasteiger partial charge in [0.05, 0.1) is 11.3 Å². The molecule has 0 radical (unpaired) electrons. The standard InChI is InChI=1S/C23H28N8O5/c1-3-10-30-22(32)20-21(26-18(14-19-27-25-15-36-19)28(20)12-9-24-4-2)29(23(30)33)11-8-16-6-5-7-17(13-16)31(34)35/h5-7,13,15,24H,3-4,8-12,14H2,1-2H3. The Bertz CT molecular complexity index is 1470. The van der Waals surface area contributed by atoms with Crippen LogP contribution in [0.3, 0.4) is 0 Å². The minimum Gasteiger partial charge on any atom is -0.428 e. The van der Waals surface area contributed by atoms with Crippen molar-refractivity contribution in [3.8, 4) is 0 Å². The van der Waals surface area contributed by atoms with Gasteiger partial charge in [0.15, 0.2) is 11.2 Å². The van der Waals surface area contributed by atoms with E-state index in [0.29, 0.717) is 48.7 Å². The number of nitro benzene ring substituents is 1. The fraction of sp³-hybridized carbons (Fsp3) is 0.435. The molecule has 0 saturated heterocycles. The van der Waals surface area contributed by atoms with E-state index in [4.69, 9.17) is 9.40 Å². The lowest BCUT2D eigenvalue weighted by molar-refractivity contribution is -0.384. The average Bonchev–Trinajstić information content (AvgIpc) is 3.50. The SMILES string of the molecule is CCCn1c(=O)c2c(nc(Cc3nnco3)n2CCNCC)n(CCc2cccc([N+](=O)[O-])c2)c1=O. The number of imidazole rings is 1. The van der Waals surface area contributed by atoms with Crippen molar-refractivity contribution in [3.05, 3.63) is 78.9 Å². The summed E-state index contributed by atoms with van der Waals surface area (Å²) in [4.78, 5) is 42.3. The van der Waals surface area contributed by atoms with E-state index in [-0.39, 0.29) is 30.8 Å². The summed E-state index contributed by atoms with van der Waals surface area (Å²) in [5.74, 6) is 0.872. The van der Waals surface area contributed by atoms with Crippen LogP contribution in [0, 0.1) is 10.1 Å².